The van der Waals surface area contributed by atoms with Crippen molar-refractivity contribution in [2.24, 2.45) is 5.41 Å². The van der Waals surface area contributed by atoms with Gasteiger partial charge in [-0.1, -0.05) is 41.4 Å². The van der Waals surface area contributed by atoms with Gasteiger partial charge in [0.25, 0.3) is 0 Å². The van der Waals surface area contributed by atoms with Crippen molar-refractivity contribution in [3.8, 4) is 0 Å². The standard InChI is InChI=1S/C13H20BrClN2O2S/c1-13(2,9-17(3)4)8-16-20(18,19)12-6-5-10(14)7-11(12)15/h5-7,16H,8-9H2,1-4H3. The highest BCUT2D eigenvalue weighted by atomic mass is 79.9. The van der Waals surface area contributed by atoms with Gasteiger partial charge in [0.2, 0.25) is 10.0 Å². The number of nitrogens with zero attached hydrogens (tertiary/aromatic N) is 1. The summed E-state index contributed by atoms with van der Waals surface area (Å²) in [7, 11) is 0.322. The molecule has 0 atom stereocenters. The van der Waals surface area contributed by atoms with Gasteiger partial charge in [-0.05, 0) is 37.7 Å². The maximum atomic E-state index is 12.3. The average molecular weight is 384 g/mol. The molecular weight excluding hydrogens is 364 g/mol. The predicted octanol–water partition coefficient (Wildman–Crippen LogP) is 2.97. The van der Waals surface area contributed by atoms with Gasteiger partial charge >= 0.3 is 0 Å². The monoisotopic (exact) mass is 382 g/mol. The Morgan fingerprint density at radius 2 is 1.95 bits per heavy atom. The molecule has 1 rings (SSSR count). The molecule has 0 fully saturated rings. The molecule has 0 bridgehead atoms. The SMILES string of the molecule is CN(C)CC(C)(C)CNS(=O)(=O)c1ccc(Br)cc1Cl. The summed E-state index contributed by atoms with van der Waals surface area (Å²) in [5, 5.41) is 0.206. The minimum Gasteiger partial charge on any atom is -0.309 e. The van der Waals surface area contributed by atoms with Crippen molar-refractivity contribution in [3.05, 3.63) is 27.7 Å². The van der Waals surface area contributed by atoms with Crippen LogP contribution in [-0.4, -0.2) is 40.5 Å². The first-order chi connectivity index (χ1) is 9.03. The lowest BCUT2D eigenvalue weighted by Gasteiger charge is -2.28. The van der Waals surface area contributed by atoms with Crippen LogP contribution in [-0.2, 0) is 10.0 Å². The zero-order valence-corrected chi connectivity index (χ0v) is 15.2. The van der Waals surface area contributed by atoms with Crippen molar-refractivity contribution in [2.45, 2.75) is 18.7 Å². The Bertz CT molecular complexity index is 574. The molecule has 0 saturated heterocycles. The Labute approximate surface area is 134 Å². The number of halogens is 2. The third kappa shape index (κ3) is 5.33. The van der Waals surface area contributed by atoms with Gasteiger partial charge in [0.1, 0.15) is 4.90 Å². The fraction of sp³-hybridized carbons (Fsp3) is 0.538. The van der Waals surface area contributed by atoms with Gasteiger partial charge in [-0.2, -0.15) is 0 Å². The van der Waals surface area contributed by atoms with Crippen molar-refractivity contribution < 1.29 is 8.42 Å². The molecule has 0 radical (unpaired) electrons. The molecular formula is C13H20BrClN2O2S. The molecule has 0 heterocycles. The molecule has 0 aliphatic rings. The Hall–Kier alpha value is -0.140. The first kappa shape index (κ1) is 17.9. The van der Waals surface area contributed by atoms with E-state index in [1.807, 2.05) is 32.8 Å². The molecule has 0 spiro atoms. The minimum atomic E-state index is -3.60. The lowest BCUT2D eigenvalue weighted by atomic mass is 9.93. The molecule has 0 aliphatic carbocycles. The molecule has 4 nitrogen and oxygen atoms in total. The summed E-state index contributed by atoms with van der Waals surface area (Å²) in [5.74, 6) is 0. The highest BCUT2D eigenvalue weighted by Crippen LogP contribution is 2.25. The smallest absolute Gasteiger partial charge is 0.242 e. The number of sulfonamides is 1. The lowest BCUT2D eigenvalue weighted by Crippen LogP contribution is -2.40. The predicted molar refractivity (Wildman–Crippen MR) is 86.7 cm³/mol. The van der Waals surface area contributed by atoms with E-state index in [-0.39, 0.29) is 15.3 Å². The highest BCUT2D eigenvalue weighted by Gasteiger charge is 2.24. The number of hydrogen-bond donors (Lipinski definition) is 1. The van der Waals surface area contributed by atoms with E-state index in [1.165, 1.54) is 6.07 Å². The van der Waals surface area contributed by atoms with E-state index in [2.05, 4.69) is 20.7 Å². The van der Waals surface area contributed by atoms with Crippen LogP contribution in [0.1, 0.15) is 13.8 Å². The Morgan fingerprint density at radius 3 is 2.45 bits per heavy atom. The molecule has 0 unspecified atom stereocenters. The van der Waals surface area contributed by atoms with Crippen molar-refractivity contribution in [2.75, 3.05) is 27.2 Å². The van der Waals surface area contributed by atoms with Gasteiger partial charge in [-0.25, -0.2) is 13.1 Å². The summed E-state index contributed by atoms with van der Waals surface area (Å²) in [4.78, 5) is 2.13. The second-order valence-corrected chi connectivity index (χ2v) is 8.86. The summed E-state index contributed by atoms with van der Waals surface area (Å²) in [6, 6.07) is 4.72. The largest absolute Gasteiger partial charge is 0.309 e. The Kier molecular flexibility index (Phi) is 6.04. The van der Waals surface area contributed by atoms with Crippen LogP contribution in [0.15, 0.2) is 27.6 Å². The third-order valence-electron chi connectivity index (χ3n) is 2.67. The van der Waals surface area contributed by atoms with Crippen LogP contribution in [0.5, 0.6) is 0 Å². The molecule has 1 aromatic rings. The quantitative estimate of drug-likeness (QED) is 0.821. The summed E-state index contributed by atoms with van der Waals surface area (Å²) < 4.78 is 27.9. The maximum absolute atomic E-state index is 12.3. The fourth-order valence-electron chi connectivity index (χ4n) is 1.97. The van der Waals surface area contributed by atoms with Gasteiger partial charge in [0.15, 0.2) is 0 Å². The third-order valence-corrected chi connectivity index (χ3v) is 5.05. The van der Waals surface area contributed by atoms with Crippen LogP contribution in [0.2, 0.25) is 5.02 Å². The number of hydrogen-bond acceptors (Lipinski definition) is 3. The van der Waals surface area contributed by atoms with Gasteiger partial charge in [0, 0.05) is 17.6 Å². The molecule has 1 aromatic carbocycles. The van der Waals surface area contributed by atoms with Gasteiger partial charge < -0.3 is 4.90 Å². The zero-order valence-electron chi connectivity index (χ0n) is 12.1. The molecule has 114 valence electrons. The summed E-state index contributed by atoms with van der Waals surface area (Å²) in [6.45, 7) is 5.15. The molecule has 1 N–H and O–H groups in total. The number of nitrogens with one attached hydrogen (secondary N) is 1. The maximum Gasteiger partial charge on any atom is 0.242 e. The molecule has 20 heavy (non-hydrogen) atoms. The first-order valence-corrected chi connectivity index (χ1v) is 8.78. The van der Waals surface area contributed by atoms with Crippen LogP contribution in [0.4, 0.5) is 0 Å². The second kappa shape index (κ2) is 6.75. The van der Waals surface area contributed by atoms with Crippen LogP contribution in [0.3, 0.4) is 0 Å². The summed E-state index contributed by atoms with van der Waals surface area (Å²) >= 11 is 9.25. The molecule has 7 heteroatoms. The van der Waals surface area contributed by atoms with E-state index in [4.69, 9.17) is 11.6 Å². The van der Waals surface area contributed by atoms with Gasteiger partial charge in [-0.15, -0.1) is 0 Å². The average Bonchev–Trinajstić information content (AvgIpc) is 2.24. The van der Waals surface area contributed by atoms with Crippen LogP contribution in [0, 0.1) is 5.41 Å². The van der Waals surface area contributed by atoms with Crippen LogP contribution >= 0.6 is 27.5 Å². The van der Waals surface area contributed by atoms with Crippen LogP contribution in [0.25, 0.3) is 0 Å². The van der Waals surface area contributed by atoms with E-state index in [9.17, 15) is 8.42 Å². The van der Waals surface area contributed by atoms with Crippen molar-refractivity contribution in [1.82, 2.24) is 9.62 Å². The van der Waals surface area contributed by atoms with Crippen molar-refractivity contribution in [3.63, 3.8) is 0 Å². The number of benzene rings is 1. The molecule has 0 aliphatic heterocycles. The van der Waals surface area contributed by atoms with E-state index in [1.54, 1.807) is 12.1 Å². The Balaban J connectivity index is 2.85. The first-order valence-electron chi connectivity index (χ1n) is 6.13. The van der Waals surface area contributed by atoms with Crippen molar-refractivity contribution in [1.29, 1.82) is 0 Å². The van der Waals surface area contributed by atoms with E-state index >= 15 is 0 Å². The summed E-state index contributed by atoms with van der Waals surface area (Å²) in [5.41, 5.74) is -0.168. The van der Waals surface area contributed by atoms with E-state index in [0.29, 0.717) is 6.54 Å². The molecule has 0 amide bonds. The molecule has 0 saturated carbocycles. The van der Waals surface area contributed by atoms with E-state index < -0.39 is 10.0 Å². The van der Waals surface area contributed by atoms with E-state index in [0.717, 1.165) is 11.0 Å². The van der Waals surface area contributed by atoms with Crippen molar-refractivity contribution >= 4 is 37.6 Å². The normalized spacial score (nSPS) is 12.9. The topological polar surface area (TPSA) is 49.4 Å². The highest BCUT2D eigenvalue weighted by molar-refractivity contribution is 9.10. The lowest BCUT2D eigenvalue weighted by molar-refractivity contribution is 0.242. The van der Waals surface area contributed by atoms with Crippen LogP contribution < -0.4 is 4.72 Å². The second-order valence-electron chi connectivity index (χ2n) is 5.80. The van der Waals surface area contributed by atoms with Gasteiger partial charge in [0.05, 0.1) is 5.02 Å². The molecule has 0 aromatic heterocycles. The minimum absolute atomic E-state index is 0.100. The number of rotatable bonds is 6. The zero-order chi connectivity index (χ0) is 15.6. The summed E-state index contributed by atoms with van der Waals surface area (Å²) in [6.07, 6.45) is 0. The fourth-order valence-corrected chi connectivity index (χ4v) is 4.25. The van der Waals surface area contributed by atoms with Gasteiger partial charge in [-0.3, -0.25) is 0 Å². The Morgan fingerprint density at radius 1 is 1.35 bits per heavy atom.